The summed E-state index contributed by atoms with van der Waals surface area (Å²) < 4.78 is 26.6. The summed E-state index contributed by atoms with van der Waals surface area (Å²) in [5.41, 5.74) is 1.17. The van der Waals surface area contributed by atoms with E-state index in [1.54, 1.807) is 18.2 Å². The van der Waals surface area contributed by atoms with Gasteiger partial charge in [-0.25, -0.2) is 0 Å². The van der Waals surface area contributed by atoms with Crippen LogP contribution in [0.3, 0.4) is 0 Å². The largest absolute Gasteiger partial charge is 0.318 e. The zero-order chi connectivity index (χ0) is 14.0. The molecule has 1 N–H and O–H groups in total. The van der Waals surface area contributed by atoms with Gasteiger partial charge in [0.25, 0.3) is 5.91 Å². The minimum atomic E-state index is -1.06. The van der Waals surface area contributed by atoms with Gasteiger partial charge in [0, 0.05) is 4.47 Å². The van der Waals surface area contributed by atoms with Crippen LogP contribution in [0.4, 0.5) is 14.5 Å². The highest BCUT2D eigenvalue weighted by Crippen LogP contribution is 2.20. The van der Waals surface area contributed by atoms with Crippen molar-refractivity contribution < 1.29 is 13.6 Å². The third kappa shape index (κ3) is 3.14. The molecule has 0 saturated carbocycles. The van der Waals surface area contributed by atoms with Crippen LogP contribution in [0.2, 0.25) is 0 Å². The van der Waals surface area contributed by atoms with E-state index in [4.69, 9.17) is 0 Å². The molecular weight excluding hydrogens is 318 g/mol. The van der Waals surface area contributed by atoms with Crippen molar-refractivity contribution in [3.8, 4) is 0 Å². The van der Waals surface area contributed by atoms with E-state index in [0.29, 0.717) is 10.0 Å². The Kier molecular flexibility index (Phi) is 3.90. The number of halogens is 3. The second-order valence-electron chi connectivity index (χ2n) is 3.91. The number of nitrogens with zero attached hydrogens (tertiary/aromatic N) is 1. The molecule has 0 spiro atoms. The summed E-state index contributed by atoms with van der Waals surface area (Å²) in [7, 11) is 0. The summed E-state index contributed by atoms with van der Waals surface area (Å²) in [5, 5.41) is 2.34. The molecule has 2 rings (SSSR count). The van der Waals surface area contributed by atoms with Crippen LogP contribution in [-0.2, 0) is 0 Å². The van der Waals surface area contributed by atoms with Crippen LogP contribution in [0.5, 0.6) is 0 Å². The maximum absolute atomic E-state index is 13.3. The van der Waals surface area contributed by atoms with Crippen LogP contribution in [0.15, 0.2) is 34.8 Å². The van der Waals surface area contributed by atoms with Crippen LogP contribution in [-0.4, -0.2) is 10.9 Å². The molecule has 0 radical (unpaired) electrons. The summed E-state index contributed by atoms with van der Waals surface area (Å²) in [6.07, 6.45) is 0. The van der Waals surface area contributed by atoms with Gasteiger partial charge in [-0.1, -0.05) is 6.07 Å². The first kappa shape index (κ1) is 13.6. The van der Waals surface area contributed by atoms with Crippen LogP contribution >= 0.6 is 15.9 Å². The fourth-order valence-corrected chi connectivity index (χ4v) is 2.17. The molecule has 1 amide bonds. The third-order valence-electron chi connectivity index (χ3n) is 2.43. The number of aryl methyl sites for hydroxylation is 1. The molecule has 3 nitrogen and oxygen atoms in total. The second-order valence-corrected chi connectivity index (χ2v) is 4.76. The van der Waals surface area contributed by atoms with Gasteiger partial charge in [0.15, 0.2) is 0 Å². The number of aromatic nitrogens is 1. The number of hydrogen-bond donors (Lipinski definition) is 1. The predicted molar refractivity (Wildman–Crippen MR) is 71.0 cm³/mol. The molecule has 0 unspecified atom stereocenters. The molecule has 0 bridgehead atoms. The van der Waals surface area contributed by atoms with Gasteiger partial charge in [0.2, 0.25) is 11.9 Å². The Labute approximate surface area is 116 Å². The van der Waals surface area contributed by atoms with Gasteiger partial charge in [-0.05, 0) is 52.7 Å². The number of carbonyl (C=O) groups excluding carboxylic acids is 1. The molecule has 1 aromatic carbocycles. The van der Waals surface area contributed by atoms with E-state index < -0.39 is 17.8 Å². The average molecular weight is 327 g/mol. The Hall–Kier alpha value is -1.82. The molecule has 19 heavy (non-hydrogen) atoms. The molecule has 0 aliphatic rings. The summed E-state index contributed by atoms with van der Waals surface area (Å²) in [5.74, 6) is -2.50. The minimum absolute atomic E-state index is 0.168. The van der Waals surface area contributed by atoms with Gasteiger partial charge >= 0.3 is 0 Å². The van der Waals surface area contributed by atoms with E-state index in [-0.39, 0.29) is 5.69 Å². The van der Waals surface area contributed by atoms with Crippen molar-refractivity contribution >= 4 is 27.5 Å². The lowest BCUT2D eigenvalue weighted by molar-refractivity contribution is 0.102. The fourth-order valence-electron chi connectivity index (χ4n) is 1.50. The standard InChI is InChI=1S/C13H9BrF2N2O/c1-7-2-3-8(9(14)6-7)13(19)17-10-4-5-11(15)18-12(10)16/h2-6H,1H3,(H,17,19). The highest BCUT2D eigenvalue weighted by Gasteiger charge is 2.13. The molecular formula is C13H9BrF2N2O. The minimum Gasteiger partial charge on any atom is -0.318 e. The molecule has 1 aromatic heterocycles. The number of benzene rings is 1. The summed E-state index contributed by atoms with van der Waals surface area (Å²) in [6, 6.07) is 7.25. The zero-order valence-electron chi connectivity index (χ0n) is 9.88. The van der Waals surface area contributed by atoms with Gasteiger partial charge in [0.1, 0.15) is 0 Å². The highest BCUT2D eigenvalue weighted by molar-refractivity contribution is 9.10. The first-order valence-electron chi connectivity index (χ1n) is 5.37. The van der Waals surface area contributed by atoms with Crippen molar-refractivity contribution in [2.45, 2.75) is 6.92 Å². The first-order valence-corrected chi connectivity index (χ1v) is 6.16. The van der Waals surface area contributed by atoms with E-state index in [1.165, 1.54) is 0 Å². The highest BCUT2D eigenvalue weighted by atomic mass is 79.9. The average Bonchev–Trinajstić information content (AvgIpc) is 2.32. The number of rotatable bonds is 2. The van der Waals surface area contributed by atoms with Crippen LogP contribution < -0.4 is 5.32 Å². The van der Waals surface area contributed by atoms with Crippen LogP contribution in [0.25, 0.3) is 0 Å². The molecule has 0 aliphatic carbocycles. The number of nitrogens with one attached hydrogen (secondary N) is 1. The normalized spacial score (nSPS) is 10.3. The first-order chi connectivity index (χ1) is 8.97. The molecule has 0 atom stereocenters. The summed E-state index contributed by atoms with van der Waals surface area (Å²) >= 11 is 3.26. The van der Waals surface area contributed by atoms with E-state index in [2.05, 4.69) is 26.2 Å². The number of amides is 1. The smallest absolute Gasteiger partial charge is 0.256 e. The van der Waals surface area contributed by atoms with E-state index >= 15 is 0 Å². The Balaban J connectivity index is 2.25. The van der Waals surface area contributed by atoms with Crippen LogP contribution in [0, 0.1) is 18.8 Å². The quantitative estimate of drug-likeness (QED) is 0.855. The molecule has 0 aliphatic heterocycles. The summed E-state index contributed by atoms with van der Waals surface area (Å²) in [6.45, 7) is 1.88. The Morgan fingerprint density at radius 1 is 1.26 bits per heavy atom. The van der Waals surface area contributed by atoms with Crippen molar-refractivity contribution in [2.24, 2.45) is 0 Å². The van der Waals surface area contributed by atoms with Crippen molar-refractivity contribution in [1.29, 1.82) is 0 Å². The van der Waals surface area contributed by atoms with Crippen LogP contribution in [0.1, 0.15) is 15.9 Å². The van der Waals surface area contributed by atoms with Crippen molar-refractivity contribution in [2.75, 3.05) is 5.32 Å². The van der Waals surface area contributed by atoms with Gasteiger partial charge < -0.3 is 5.32 Å². The van der Waals surface area contributed by atoms with Gasteiger partial charge in [-0.3, -0.25) is 4.79 Å². The molecule has 0 fully saturated rings. The lowest BCUT2D eigenvalue weighted by atomic mass is 10.1. The van der Waals surface area contributed by atoms with Gasteiger partial charge in [-0.2, -0.15) is 13.8 Å². The third-order valence-corrected chi connectivity index (χ3v) is 3.09. The molecule has 2 aromatic rings. The maximum Gasteiger partial charge on any atom is 0.256 e. The predicted octanol–water partition coefficient (Wildman–Crippen LogP) is 3.68. The zero-order valence-corrected chi connectivity index (χ0v) is 11.5. The monoisotopic (exact) mass is 326 g/mol. The number of hydrogen-bond acceptors (Lipinski definition) is 2. The molecule has 98 valence electrons. The van der Waals surface area contributed by atoms with Gasteiger partial charge in [-0.15, -0.1) is 0 Å². The maximum atomic E-state index is 13.3. The van der Waals surface area contributed by atoms with Crippen molar-refractivity contribution in [3.05, 3.63) is 57.8 Å². The van der Waals surface area contributed by atoms with E-state index in [1.807, 2.05) is 6.92 Å². The van der Waals surface area contributed by atoms with E-state index in [9.17, 15) is 13.6 Å². The fraction of sp³-hybridized carbons (Fsp3) is 0.0769. The molecule has 0 saturated heterocycles. The summed E-state index contributed by atoms with van der Waals surface area (Å²) in [4.78, 5) is 15.0. The lowest BCUT2D eigenvalue weighted by Crippen LogP contribution is -2.14. The number of carbonyl (C=O) groups is 1. The van der Waals surface area contributed by atoms with E-state index in [0.717, 1.165) is 17.7 Å². The Bertz CT molecular complexity index is 647. The molecule has 1 heterocycles. The topological polar surface area (TPSA) is 42.0 Å². The molecule has 6 heteroatoms. The van der Waals surface area contributed by atoms with Crippen molar-refractivity contribution in [3.63, 3.8) is 0 Å². The Morgan fingerprint density at radius 3 is 2.63 bits per heavy atom. The Morgan fingerprint density at radius 2 is 2.00 bits per heavy atom. The lowest BCUT2D eigenvalue weighted by Gasteiger charge is -2.08. The number of pyridine rings is 1. The second kappa shape index (κ2) is 5.44. The van der Waals surface area contributed by atoms with Crippen molar-refractivity contribution in [1.82, 2.24) is 4.98 Å². The SMILES string of the molecule is Cc1ccc(C(=O)Nc2ccc(F)nc2F)c(Br)c1. The number of anilines is 1. The van der Waals surface area contributed by atoms with Gasteiger partial charge in [0.05, 0.1) is 11.3 Å².